The van der Waals surface area contributed by atoms with E-state index in [1.54, 1.807) is 4.68 Å². The second-order valence-electron chi connectivity index (χ2n) is 7.76. The number of rotatable bonds is 1. The molecule has 0 saturated heterocycles. The molecule has 1 aromatic carbocycles. The van der Waals surface area contributed by atoms with E-state index in [4.69, 9.17) is 5.10 Å². The number of hydrogen-bond donors (Lipinski definition) is 0. The summed E-state index contributed by atoms with van der Waals surface area (Å²) < 4.78 is 1.76. The van der Waals surface area contributed by atoms with E-state index in [-0.39, 0.29) is 17.2 Å². The molecule has 0 bridgehead atoms. The molecular weight excluding hydrogens is 328 g/mol. The number of amides is 2. The second kappa shape index (κ2) is 5.24. The van der Waals surface area contributed by atoms with Gasteiger partial charge >= 0.3 is 0 Å². The lowest BCUT2D eigenvalue weighted by Crippen LogP contribution is -2.24. The van der Waals surface area contributed by atoms with Gasteiger partial charge in [0.05, 0.1) is 27.9 Å². The first-order chi connectivity index (χ1) is 12.2. The first-order valence-electron chi connectivity index (χ1n) is 8.52. The Morgan fingerprint density at radius 2 is 1.65 bits per heavy atom. The molecular formula is C20H20N4O2. The van der Waals surface area contributed by atoms with Gasteiger partial charge in [-0.2, -0.15) is 5.10 Å². The molecule has 26 heavy (non-hydrogen) atoms. The number of fused-ring (bicyclic) bond motifs is 3. The van der Waals surface area contributed by atoms with E-state index in [2.05, 4.69) is 4.98 Å². The van der Waals surface area contributed by atoms with Gasteiger partial charge in [0, 0.05) is 18.7 Å². The molecule has 1 aliphatic rings. The van der Waals surface area contributed by atoms with Crippen LogP contribution in [0.2, 0.25) is 0 Å². The van der Waals surface area contributed by atoms with Gasteiger partial charge in [-0.05, 0) is 19.1 Å². The minimum Gasteiger partial charge on any atom is -0.277 e. The Morgan fingerprint density at radius 1 is 1.00 bits per heavy atom. The highest BCUT2D eigenvalue weighted by molar-refractivity contribution is 6.26. The van der Waals surface area contributed by atoms with Gasteiger partial charge in [-0.25, -0.2) is 9.67 Å². The molecule has 0 atom stereocenters. The molecule has 0 spiro atoms. The lowest BCUT2D eigenvalue weighted by Gasteiger charge is -2.16. The van der Waals surface area contributed by atoms with Crippen LogP contribution in [0.1, 0.15) is 52.7 Å². The van der Waals surface area contributed by atoms with Crippen LogP contribution in [0.3, 0.4) is 0 Å². The van der Waals surface area contributed by atoms with Gasteiger partial charge < -0.3 is 0 Å². The number of carbonyl (C=O) groups excluding carboxylic acids is 2. The fourth-order valence-corrected chi connectivity index (χ4v) is 3.30. The summed E-state index contributed by atoms with van der Waals surface area (Å²) in [6, 6.07) is 7.97. The van der Waals surface area contributed by atoms with Gasteiger partial charge in [-0.3, -0.25) is 14.5 Å². The van der Waals surface area contributed by atoms with Gasteiger partial charge in [0.2, 0.25) is 0 Å². The highest BCUT2D eigenvalue weighted by Crippen LogP contribution is 2.36. The average Bonchev–Trinajstić information content (AvgIpc) is 3.08. The zero-order valence-electron chi connectivity index (χ0n) is 15.5. The van der Waals surface area contributed by atoms with E-state index < -0.39 is 0 Å². The summed E-state index contributed by atoms with van der Waals surface area (Å²) in [4.78, 5) is 30.7. The zero-order valence-corrected chi connectivity index (χ0v) is 15.5. The molecule has 3 aromatic rings. The van der Waals surface area contributed by atoms with Crippen LogP contribution in [0.25, 0.3) is 16.7 Å². The third-order valence-electron chi connectivity index (χ3n) is 4.74. The number of carbonyl (C=O) groups is 2. The van der Waals surface area contributed by atoms with Crippen molar-refractivity contribution >= 4 is 22.8 Å². The van der Waals surface area contributed by atoms with Crippen molar-refractivity contribution in [1.29, 1.82) is 0 Å². The summed E-state index contributed by atoms with van der Waals surface area (Å²) >= 11 is 0. The molecule has 0 unspecified atom stereocenters. The van der Waals surface area contributed by atoms with E-state index in [0.717, 1.165) is 21.8 Å². The Morgan fingerprint density at radius 3 is 2.27 bits per heavy atom. The Bertz CT molecular complexity index is 1070. The quantitative estimate of drug-likeness (QED) is 0.633. The number of nitrogens with zero attached hydrogens (tertiary/aromatic N) is 4. The summed E-state index contributed by atoms with van der Waals surface area (Å²) in [5, 5.41) is 5.46. The third-order valence-corrected chi connectivity index (χ3v) is 4.74. The lowest BCUT2D eigenvalue weighted by atomic mass is 9.88. The van der Waals surface area contributed by atoms with Gasteiger partial charge in [0.1, 0.15) is 0 Å². The Kier molecular flexibility index (Phi) is 3.31. The van der Waals surface area contributed by atoms with Crippen molar-refractivity contribution in [3.05, 3.63) is 52.8 Å². The molecule has 1 aliphatic heterocycles. The minimum absolute atomic E-state index is 0.300. The van der Waals surface area contributed by atoms with Crippen LogP contribution >= 0.6 is 0 Å². The number of benzene rings is 1. The highest BCUT2D eigenvalue weighted by Gasteiger charge is 2.38. The van der Waals surface area contributed by atoms with Crippen LogP contribution in [0.4, 0.5) is 0 Å². The summed E-state index contributed by atoms with van der Waals surface area (Å²) in [6.07, 6.45) is 1.49. The van der Waals surface area contributed by atoms with Crippen molar-refractivity contribution < 1.29 is 9.59 Å². The van der Waals surface area contributed by atoms with Crippen LogP contribution in [-0.4, -0.2) is 38.5 Å². The van der Waals surface area contributed by atoms with E-state index >= 15 is 0 Å². The molecule has 3 heterocycles. The summed E-state index contributed by atoms with van der Waals surface area (Å²) in [5.41, 5.74) is 3.81. The monoisotopic (exact) mass is 348 g/mol. The highest BCUT2D eigenvalue weighted by atomic mass is 16.2. The van der Waals surface area contributed by atoms with Crippen LogP contribution in [0.15, 0.2) is 30.5 Å². The molecule has 0 fully saturated rings. The van der Waals surface area contributed by atoms with E-state index in [1.807, 2.05) is 52.0 Å². The van der Waals surface area contributed by atoms with Gasteiger partial charge in [0.25, 0.3) is 11.8 Å². The molecule has 0 saturated carbocycles. The standard InChI is InChI=1S/C20H20N4O2/c1-11-6-8-12(9-7-11)24-17-15(16(22-24)20(2,3)4)14-13(10-21-17)18(25)23(5)19(14)26/h6-10H,1-5H3. The maximum absolute atomic E-state index is 12.7. The first kappa shape index (κ1) is 16.4. The molecule has 0 radical (unpaired) electrons. The Balaban J connectivity index is 2.11. The molecule has 6 heteroatoms. The summed E-state index contributed by atoms with van der Waals surface area (Å²) in [7, 11) is 1.50. The number of aromatic nitrogens is 3. The van der Waals surface area contributed by atoms with E-state index in [0.29, 0.717) is 22.2 Å². The van der Waals surface area contributed by atoms with Gasteiger partial charge in [-0.1, -0.05) is 38.5 Å². The van der Waals surface area contributed by atoms with Crippen molar-refractivity contribution in [3.8, 4) is 5.69 Å². The first-order valence-corrected chi connectivity index (χ1v) is 8.52. The molecule has 0 aliphatic carbocycles. The third kappa shape index (κ3) is 2.18. The van der Waals surface area contributed by atoms with Crippen molar-refractivity contribution in [2.24, 2.45) is 0 Å². The van der Waals surface area contributed by atoms with Crippen LogP contribution in [0.5, 0.6) is 0 Å². The van der Waals surface area contributed by atoms with Gasteiger partial charge in [-0.15, -0.1) is 0 Å². The zero-order chi connectivity index (χ0) is 18.8. The number of hydrogen-bond acceptors (Lipinski definition) is 4. The lowest BCUT2D eigenvalue weighted by molar-refractivity contribution is 0.0693. The maximum Gasteiger partial charge on any atom is 0.262 e. The van der Waals surface area contributed by atoms with E-state index in [9.17, 15) is 9.59 Å². The minimum atomic E-state index is -0.317. The largest absolute Gasteiger partial charge is 0.277 e. The fraction of sp³-hybridized carbons (Fsp3) is 0.300. The molecule has 132 valence electrons. The molecule has 2 amide bonds. The van der Waals surface area contributed by atoms with Crippen LogP contribution < -0.4 is 0 Å². The normalized spacial score (nSPS) is 14.4. The number of aryl methyl sites for hydroxylation is 1. The van der Waals surface area contributed by atoms with Gasteiger partial charge in [0.15, 0.2) is 5.65 Å². The number of pyridine rings is 1. The summed E-state index contributed by atoms with van der Waals surface area (Å²) in [6.45, 7) is 8.15. The van der Waals surface area contributed by atoms with E-state index in [1.165, 1.54) is 13.2 Å². The summed E-state index contributed by atoms with van der Waals surface area (Å²) in [5.74, 6) is -0.617. The predicted molar refractivity (Wildman–Crippen MR) is 98.7 cm³/mol. The molecule has 0 N–H and O–H groups in total. The molecule has 2 aromatic heterocycles. The topological polar surface area (TPSA) is 68.1 Å². The molecule has 4 rings (SSSR count). The van der Waals surface area contributed by atoms with Crippen LogP contribution in [0, 0.1) is 6.92 Å². The van der Waals surface area contributed by atoms with Crippen LogP contribution in [-0.2, 0) is 5.41 Å². The van der Waals surface area contributed by atoms with Crippen molar-refractivity contribution in [2.45, 2.75) is 33.1 Å². The van der Waals surface area contributed by atoms with Crippen molar-refractivity contribution in [2.75, 3.05) is 7.05 Å². The Labute approximate surface area is 151 Å². The second-order valence-corrected chi connectivity index (χ2v) is 7.76. The Hall–Kier alpha value is -3.02. The smallest absolute Gasteiger partial charge is 0.262 e. The van der Waals surface area contributed by atoms with Crippen molar-refractivity contribution in [1.82, 2.24) is 19.7 Å². The predicted octanol–water partition coefficient (Wildman–Crippen LogP) is 3.25. The average molecular weight is 348 g/mol. The fourth-order valence-electron chi connectivity index (χ4n) is 3.30. The molecule has 6 nitrogen and oxygen atoms in total. The SMILES string of the molecule is Cc1ccc(-n2nc(C(C)(C)C)c3c4c(cnc32)C(=O)N(C)C4=O)cc1. The maximum atomic E-state index is 12.7. The van der Waals surface area contributed by atoms with Crippen molar-refractivity contribution in [3.63, 3.8) is 0 Å². The number of imide groups is 1.